The fraction of sp³-hybridized carbons (Fsp3) is 0.444. The lowest BCUT2D eigenvalue weighted by atomic mass is 9.98. The second-order valence-corrected chi connectivity index (χ2v) is 5.77. The van der Waals surface area contributed by atoms with E-state index in [0.29, 0.717) is 5.92 Å². The SMILES string of the molecule is CCC(C)COc1ccc2ccccc2c1CC(C)N. The third-order valence-corrected chi connectivity index (χ3v) is 3.74. The van der Waals surface area contributed by atoms with Crippen LogP contribution in [0.2, 0.25) is 0 Å². The largest absolute Gasteiger partial charge is 0.493 e. The molecule has 0 saturated heterocycles. The van der Waals surface area contributed by atoms with Crippen molar-refractivity contribution < 1.29 is 4.74 Å². The lowest BCUT2D eigenvalue weighted by molar-refractivity contribution is 0.254. The Kier molecular flexibility index (Phi) is 5.02. The molecule has 2 aromatic carbocycles. The minimum absolute atomic E-state index is 0.131. The summed E-state index contributed by atoms with van der Waals surface area (Å²) >= 11 is 0. The molecule has 108 valence electrons. The van der Waals surface area contributed by atoms with Crippen LogP contribution in [0, 0.1) is 5.92 Å². The first-order valence-electron chi connectivity index (χ1n) is 7.50. The van der Waals surface area contributed by atoms with Gasteiger partial charge in [-0.15, -0.1) is 0 Å². The summed E-state index contributed by atoms with van der Waals surface area (Å²) in [6.45, 7) is 7.21. The van der Waals surface area contributed by atoms with E-state index in [1.165, 1.54) is 16.3 Å². The van der Waals surface area contributed by atoms with Crippen molar-refractivity contribution in [1.29, 1.82) is 0 Å². The zero-order valence-corrected chi connectivity index (χ0v) is 12.7. The van der Waals surface area contributed by atoms with Crippen LogP contribution in [0.5, 0.6) is 5.75 Å². The average Bonchev–Trinajstić information content (AvgIpc) is 2.45. The second-order valence-electron chi connectivity index (χ2n) is 5.77. The summed E-state index contributed by atoms with van der Waals surface area (Å²) in [5, 5.41) is 2.51. The van der Waals surface area contributed by atoms with E-state index in [0.717, 1.165) is 25.2 Å². The predicted octanol–water partition coefficient (Wildman–Crippen LogP) is 4.15. The Hall–Kier alpha value is -1.54. The standard InChI is InChI=1S/C18H25NO/c1-4-13(2)12-20-18-10-9-15-7-5-6-8-16(15)17(18)11-14(3)19/h5-10,13-14H,4,11-12,19H2,1-3H3. The van der Waals surface area contributed by atoms with Gasteiger partial charge in [-0.2, -0.15) is 0 Å². The van der Waals surface area contributed by atoms with Crippen molar-refractivity contribution in [2.24, 2.45) is 11.7 Å². The fourth-order valence-corrected chi connectivity index (χ4v) is 2.33. The van der Waals surface area contributed by atoms with Crippen LogP contribution in [0.15, 0.2) is 36.4 Å². The van der Waals surface area contributed by atoms with Crippen molar-refractivity contribution in [2.45, 2.75) is 39.7 Å². The van der Waals surface area contributed by atoms with Crippen LogP contribution < -0.4 is 10.5 Å². The molecule has 20 heavy (non-hydrogen) atoms. The second kappa shape index (κ2) is 6.76. The molecule has 2 unspecified atom stereocenters. The average molecular weight is 271 g/mol. The molecule has 2 aromatic rings. The Labute approximate surface area is 121 Å². The number of hydrogen-bond donors (Lipinski definition) is 1. The molecule has 0 spiro atoms. The molecule has 2 heteroatoms. The first-order valence-corrected chi connectivity index (χ1v) is 7.50. The van der Waals surface area contributed by atoms with Gasteiger partial charge in [-0.25, -0.2) is 0 Å². The Morgan fingerprint density at radius 1 is 1.10 bits per heavy atom. The topological polar surface area (TPSA) is 35.2 Å². The summed E-state index contributed by atoms with van der Waals surface area (Å²) in [6, 6.07) is 12.8. The smallest absolute Gasteiger partial charge is 0.123 e. The van der Waals surface area contributed by atoms with Gasteiger partial charge in [-0.1, -0.05) is 50.6 Å². The Balaban J connectivity index is 2.36. The number of hydrogen-bond acceptors (Lipinski definition) is 2. The van der Waals surface area contributed by atoms with Gasteiger partial charge in [0.2, 0.25) is 0 Å². The predicted molar refractivity (Wildman–Crippen MR) is 86.3 cm³/mol. The van der Waals surface area contributed by atoms with E-state index in [1.54, 1.807) is 0 Å². The minimum Gasteiger partial charge on any atom is -0.493 e. The Bertz CT molecular complexity index is 562. The van der Waals surface area contributed by atoms with Gasteiger partial charge in [0.25, 0.3) is 0 Å². The number of ether oxygens (including phenoxy) is 1. The third kappa shape index (κ3) is 3.51. The van der Waals surface area contributed by atoms with Crippen molar-refractivity contribution in [3.05, 3.63) is 42.0 Å². The molecule has 0 aromatic heterocycles. The number of fused-ring (bicyclic) bond motifs is 1. The van der Waals surface area contributed by atoms with Crippen molar-refractivity contribution in [3.8, 4) is 5.75 Å². The maximum Gasteiger partial charge on any atom is 0.123 e. The lowest BCUT2D eigenvalue weighted by Crippen LogP contribution is -2.19. The quantitative estimate of drug-likeness (QED) is 0.856. The zero-order chi connectivity index (χ0) is 14.5. The van der Waals surface area contributed by atoms with Gasteiger partial charge in [0.15, 0.2) is 0 Å². The van der Waals surface area contributed by atoms with Crippen LogP contribution in [-0.4, -0.2) is 12.6 Å². The molecule has 2 nitrogen and oxygen atoms in total. The van der Waals surface area contributed by atoms with Gasteiger partial charge in [0, 0.05) is 11.6 Å². The van der Waals surface area contributed by atoms with E-state index in [4.69, 9.17) is 10.5 Å². The van der Waals surface area contributed by atoms with Crippen LogP contribution in [0.4, 0.5) is 0 Å². The van der Waals surface area contributed by atoms with Crippen LogP contribution in [0.3, 0.4) is 0 Å². The van der Waals surface area contributed by atoms with Gasteiger partial charge >= 0.3 is 0 Å². The Morgan fingerprint density at radius 2 is 1.85 bits per heavy atom. The first-order chi connectivity index (χ1) is 9.61. The molecule has 0 saturated carbocycles. The molecule has 2 N–H and O–H groups in total. The van der Waals surface area contributed by atoms with Crippen molar-refractivity contribution in [2.75, 3.05) is 6.61 Å². The third-order valence-electron chi connectivity index (χ3n) is 3.74. The summed E-state index contributed by atoms with van der Waals surface area (Å²) in [6.07, 6.45) is 1.98. The van der Waals surface area contributed by atoms with Crippen LogP contribution in [0.1, 0.15) is 32.8 Å². The maximum atomic E-state index is 6.04. The number of rotatable bonds is 6. The zero-order valence-electron chi connectivity index (χ0n) is 12.7. The first kappa shape index (κ1) is 14.9. The van der Waals surface area contributed by atoms with E-state index >= 15 is 0 Å². The fourth-order valence-electron chi connectivity index (χ4n) is 2.33. The van der Waals surface area contributed by atoms with Crippen LogP contribution in [-0.2, 0) is 6.42 Å². The van der Waals surface area contributed by atoms with Gasteiger partial charge in [0.05, 0.1) is 6.61 Å². The Morgan fingerprint density at radius 3 is 2.55 bits per heavy atom. The molecular weight excluding hydrogens is 246 g/mol. The molecule has 2 atom stereocenters. The number of nitrogens with two attached hydrogens (primary N) is 1. The van der Waals surface area contributed by atoms with Gasteiger partial charge in [-0.3, -0.25) is 0 Å². The molecule has 0 aliphatic heterocycles. The van der Waals surface area contributed by atoms with Crippen molar-refractivity contribution in [3.63, 3.8) is 0 Å². The molecule has 0 aliphatic carbocycles. The van der Waals surface area contributed by atoms with E-state index in [1.807, 2.05) is 6.92 Å². The van der Waals surface area contributed by atoms with Crippen LogP contribution in [0.25, 0.3) is 10.8 Å². The lowest BCUT2D eigenvalue weighted by Gasteiger charge is -2.17. The molecule has 0 radical (unpaired) electrons. The molecule has 0 aliphatic rings. The van der Waals surface area contributed by atoms with Crippen molar-refractivity contribution in [1.82, 2.24) is 0 Å². The molecule has 0 fully saturated rings. The summed E-state index contributed by atoms with van der Waals surface area (Å²) < 4.78 is 6.04. The van der Waals surface area contributed by atoms with E-state index < -0.39 is 0 Å². The summed E-state index contributed by atoms with van der Waals surface area (Å²) in [5.41, 5.74) is 7.25. The molecular formula is C18H25NO. The van der Waals surface area contributed by atoms with Gasteiger partial charge < -0.3 is 10.5 Å². The summed E-state index contributed by atoms with van der Waals surface area (Å²) in [4.78, 5) is 0. The van der Waals surface area contributed by atoms with Crippen molar-refractivity contribution >= 4 is 10.8 Å². The van der Waals surface area contributed by atoms with E-state index in [-0.39, 0.29) is 6.04 Å². The summed E-state index contributed by atoms with van der Waals surface area (Å²) in [5.74, 6) is 1.56. The highest BCUT2D eigenvalue weighted by molar-refractivity contribution is 5.87. The highest BCUT2D eigenvalue weighted by Gasteiger charge is 2.11. The molecule has 0 amide bonds. The monoisotopic (exact) mass is 271 g/mol. The molecule has 0 heterocycles. The molecule has 0 bridgehead atoms. The molecule has 2 rings (SSSR count). The highest BCUT2D eigenvalue weighted by Crippen LogP contribution is 2.29. The summed E-state index contributed by atoms with van der Waals surface area (Å²) in [7, 11) is 0. The minimum atomic E-state index is 0.131. The van der Waals surface area contributed by atoms with Gasteiger partial charge in [-0.05, 0) is 36.1 Å². The van der Waals surface area contributed by atoms with Gasteiger partial charge in [0.1, 0.15) is 5.75 Å². The van der Waals surface area contributed by atoms with Crippen LogP contribution >= 0.6 is 0 Å². The normalized spacial score (nSPS) is 14.2. The van der Waals surface area contributed by atoms with E-state index in [9.17, 15) is 0 Å². The van der Waals surface area contributed by atoms with E-state index in [2.05, 4.69) is 50.2 Å². The highest BCUT2D eigenvalue weighted by atomic mass is 16.5. The maximum absolute atomic E-state index is 6.04. The number of benzene rings is 2.